The van der Waals surface area contributed by atoms with E-state index >= 15 is 0 Å². The molecule has 1 aromatic carbocycles. The number of urea groups is 1. The first-order valence-corrected chi connectivity index (χ1v) is 12.9. The van der Waals surface area contributed by atoms with Crippen molar-refractivity contribution in [1.82, 2.24) is 19.5 Å². The molecule has 2 aromatic rings. The molecule has 1 saturated heterocycles. The van der Waals surface area contributed by atoms with Gasteiger partial charge in [-0.3, -0.25) is 15.0 Å². The van der Waals surface area contributed by atoms with Gasteiger partial charge in [0.05, 0.1) is 6.61 Å². The second-order valence-electron chi connectivity index (χ2n) is 8.53. The van der Waals surface area contributed by atoms with Crippen LogP contribution >= 0.6 is 23.1 Å². The van der Waals surface area contributed by atoms with Gasteiger partial charge >= 0.3 is 6.03 Å². The number of aromatic nitrogens is 1. The summed E-state index contributed by atoms with van der Waals surface area (Å²) in [5.41, 5.74) is 6.20. The molecule has 0 saturated carbocycles. The first-order valence-electron chi connectivity index (χ1n) is 11.8. The largest absolute Gasteiger partial charge is 0.471 e. The zero-order valence-electron chi connectivity index (χ0n) is 20.2. The number of unbranched alkanes of at least 4 members (excludes halogenated alkanes) is 1. The van der Waals surface area contributed by atoms with Crippen LogP contribution in [0.5, 0.6) is 5.88 Å². The van der Waals surface area contributed by atoms with Crippen molar-refractivity contribution in [3.05, 3.63) is 39.7 Å². The van der Waals surface area contributed by atoms with E-state index in [1.54, 1.807) is 6.92 Å². The summed E-state index contributed by atoms with van der Waals surface area (Å²) >= 11 is 6.90. The minimum Gasteiger partial charge on any atom is -0.471 e. The van der Waals surface area contributed by atoms with Crippen molar-refractivity contribution < 1.29 is 23.8 Å². The Balaban J connectivity index is 1.43. The van der Waals surface area contributed by atoms with E-state index in [2.05, 4.69) is 24.8 Å². The van der Waals surface area contributed by atoms with Crippen LogP contribution in [0, 0.1) is 12.7 Å². The van der Waals surface area contributed by atoms with Gasteiger partial charge in [-0.15, -0.1) is 0 Å². The van der Waals surface area contributed by atoms with Crippen molar-refractivity contribution in [1.29, 1.82) is 0 Å². The third-order valence-corrected chi connectivity index (χ3v) is 7.05. The van der Waals surface area contributed by atoms with E-state index in [1.807, 2.05) is 0 Å². The molecule has 1 aromatic heterocycles. The number of amides is 3. The number of primary amides is 1. The third kappa shape index (κ3) is 8.00. The lowest BCUT2D eigenvalue weighted by Gasteiger charge is -2.34. The van der Waals surface area contributed by atoms with E-state index in [-0.39, 0.29) is 35.2 Å². The summed E-state index contributed by atoms with van der Waals surface area (Å²) < 4.78 is 23.7. The number of benzene rings is 1. The van der Waals surface area contributed by atoms with Gasteiger partial charge in [0.1, 0.15) is 23.0 Å². The monoisotopic (exact) mass is 542 g/mol. The number of hydrogen-bond acceptors (Lipinski definition) is 8. The quantitative estimate of drug-likeness (QED) is 0.303. The molecule has 2 heterocycles. The van der Waals surface area contributed by atoms with Crippen molar-refractivity contribution in [3.63, 3.8) is 0 Å². The molecule has 0 radical (unpaired) electrons. The van der Waals surface area contributed by atoms with E-state index in [4.69, 9.17) is 27.2 Å². The molecule has 1 aliphatic rings. The van der Waals surface area contributed by atoms with E-state index in [9.17, 15) is 14.0 Å². The highest BCUT2D eigenvalue weighted by Gasteiger charge is 2.22. The first-order chi connectivity index (χ1) is 17.3. The summed E-state index contributed by atoms with van der Waals surface area (Å²) in [4.78, 5) is 28.9. The van der Waals surface area contributed by atoms with Crippen LogP contribution in [0.1, 0.15) is 34.3 Å². The maximum atomic E-state index is 14.2. The highest BCUT2D eigenvalue weighted by atomic mass is 35.5. The van der Waals surface area contributed by atoms with Gasteiger partial charge < -0.3 is 25.8 Å². The lowest BCUT2D eigenvalue weighted by Crippen LogP contribution is -2.47. The van der Waals surface area contributed by atoms with E-state index < -0.39 is 17.8 Å². The van der Waals surface area contributed by atoms with Crippen molar-refractivity contribution in [3.8, 4) is 5.88 Å². The van der Waals surface area contributed by atoms with Crippen LogP contribution in [0.15, 0.2) is 12.1 Å². The number of ether oxygens (including phenoxy) is 1. The molecule has 198 valence electrons. The fraction of sp³-hybridized carbons (Fsp3) is 0.522. The number of anilines is 1. The van der Waals surface area contributed by atoms with E-state index in [0.29, 0.717) is 17.1 Å². The second kappa shape index (κ2) is 13.7. The topological polar surface area (TPSA) is 133 Å². The van der Waals surface area contributed by atoms with Gasteiger partial charge in [0.15, 0.2) is 0 Å². The van der Waals surface area contributed by atoms with Gasteiger partial charge in [0.25, 0.3) is 5.91 Å². The van der Waals surface area contributed by atoms with Crippen LogP contribution in [0.2, 0.25) is 5.02 Å². The van der Waals surface area contributed by atoms with Crippen molar-refractivity contribution in [2.24, 2.45) is 5.73 Å². The van der Waals surface area contributed by atoms with Gasteiger partial charge in [-0.2, -0.15) is 4.37 Å². The van der Waals surface area contributed by atoms with Crippen molar-refractivity contribution in [2.75, 3.05) is 57.7 Å². The number of rotatable bonds is 12. The number of aryl methyl sites for hydroxylation is 1. The number of aliphatic hydroxyl groups is 1. The minimum atomic E-state index is -0.824. The lowest BCUT2D eigenvalue weighted by molar-refractivity contribution is 0.0996. The number of hydrogen-bond donors (Lipinski definition) is 4. The summed E-state index contributed by atoms with van der Waals surface area (Å²) in [7, 11) is 0. The number of aliphatic hydroxyl groups excluding tert-OH is 1. The van der Waals surface area contributed by atoms with Crippen LogP contribution < -0.4 is 21.1 Å². The van der Waals surface area contributed by atoms with Crippen LogP contribution in [0.4, 0.5) is 14.2 Å². The van der Waals surface area contributed by atoms with Gasteiger partial charge in [-0.1, -0.05) is 11.6 Å². The molecule has 3 rings (SSSR count). The average Bonchev–Trinajstić information content (AvgIpc) is 3.24. The highest BCUT2D eigenvalue weighted by molar-refractivity contribution is 7.11. The molecule has 36 heavy (non-hydrogen) atoms. The lowest BCUT2D eigenvalue weighted by atomic mass is 10.1. The molecule has 0 spiro atoms. The average molecular weight is 543 g/mol. The zero-order chi connectivity index (χ0) is 26.1. The molecule has 13 heteroatoms. The number of halogens is 2. The molecular formula is C23H32ClFN6O4S. The molecule has 5 N–H and O–H groups in total. The zero-order valence-corrected chi connectivity index (χ0v) is 21.8. The van der Waals surface area contributed by atoms with Crippen LogP contribution in [-0.4, -0.2) is 83.6 Å². The smallest absolute Gasteiger partial charge is 0.319 e. The number of piperazine rings is 1. The Morgan fingerprint density at radius 2 is 1.92 bits per heavy atom. The number of nitrogens with one attached hydrogen (secondary N) is 2. The van der Waals surface area contributed by atoms with E-state index in [0.717, 1.165) is 63.6 Å². The molecular weight excluding hydrogens is 511 g/mol. The van der Waals surface area contributed by atoms with Gasteiger partial charge in [0, 0.05) is 49.9 Å². The Kier molecular flexibility index (Phi) is 10.7. The van der Waals surface area contributed by atoms with Crippen LogP contribution in [-0.2, 0) is 6.61 Å². The fourth-order valence-corrected chi connectivity index (χ4v) is 4.73. The molecule has 1 aliphatic heterocycles. The van der Waals surface area contributed by atoms with Crippen molar-refractivity contribution >= 4 is 40.1 Å². The minimum absolute atomic E-state index is 0.0749. The maximum Gasteiger partial charge on any atom is 0.319 e. The fourth-order valence-electron chi connectivity index (χ4n) is 3.81. The molecule has 0 bridgehead atoms. The maximum absolute atomic E-state index is 14.2. The summed E-state index contributed by atoms with van der Waals surface area (Å²) in [6.45, 7) is 7.67. The molecule has 0 atom stereocenters. The number of carbonyl (C=O) groups is 2. The molecule has 1 fully saturated rings. The number of carbonyl (C=O) groups excluding carboxylic acids is 2. The summed E-state index contributed by atoms with van der Waals surface area (Å²) in [5, 5.41) is 14.9. The first kappa shape index (κ1) is 28.1. The standard InChI is InChI=1S/C23H32ClFN6O4S/c1-15-12-18(25)16(13-17(15)24)14-35-21-19(20(26)33)22(36-29-21)28-23(34)27-4-2-3-5-30-6-8-31(9-7-30)10-11-32/h12-13,32H,2-11,14H2,1H3,(H2,26,33)(H2,27,28,34). The summed E-state index contributed by atoms with van der Waals surface area (Å²) in [6.07, 6.45) is 1.74. The highest BCUT2D eigenvalue weighted by Crippen LogP contribution is 2.31. The Bertz CT molecular complexity index is 1050. The van der Waals surface area contributed by atoms with E-state index in [1.165, 1.54) is 12.1 Å². The summed E-state index contributed by atoms with van der Waals surface area (Å²) in [6, 6.07) is 2.27. The van der Waals surface area contributed by atoms with Gasteiger partial charge in [-0.05, 0) is 55.5 Å². The molecule has 0 aliphatic carbocycles. The molecule has 0 unspecified atom stereocenters. The Labute approximate surface area is 218 Å². The Hall–Kier alpha value is -2.51. The molecule has 10 nitrogen and oxygen atoms in total. The molecule has 3 amide bonds. The Morgan fingerprint density at radius 3 is 2.58 bits per heavy atom. The normalized spacial score (nSPS) is 14.6. The predicted molar refractivity (Wildman–Crippen MR) is 137 cm³/mol. The summed E-state index contributed by atoms with van der Waals surface area (Å²) in [5.74, 6) is -1.40. The SMILES string of the molecule is Cc1cc(F)c(COc2nsc(NC(=O)NCCCCN3CCN(CCO)CC3)c2C(N)=O)cc1Cl. The number of nitrogens with two attached hydrogens (primary N) is 1. The Morgan fingerprint density at radius 1 is 1.22 bits per heavy atom. The van der Waals surface area contributed by atoms with Crippen molar-refractivity contribution in [2.45, 2.75) is 26.4 Å². The third-order valence-electron chi connectivity index (χ3n) is 5.89. The van der Waals surface area contributed by atoms with Crippen LogP contribution in [0.3, 0.4) is 0 Å². The second-order valence-corrected chi connectivity index (χ2v) is 9.71. The van der Waals surface area contributed by atoms with Gasteiger partial charge in [-0.25, -0.2) is 9.18 Å². The predicted octanol–water partition coefficient (Wildman–Crippen LogP) is 2.43. The number of β-amino-alcohol motifs (C(OH)–C–C–N with tert-alkyl or cyclic N) is 1. The van der Waals surface area contributed by atoms with Gasteiger partial charge in [0.2, 0.25) is 5.88 Å². The van der Waals surface area contributed by atoms with Crippen LogP contribution in [0.25, 0.3) is 0 Å². The number of nitrogens with zero attached hydrogens (tertiary/aromatic N) is 3.